The van der Waals surface area contributed by atoms with Gasteiger partial charge in [-0.2, -0.15) is 0 Å². The number of carbonyl (C=O) groups is 1. The van der Waals surface area contributed by atoms with E-state index in [2.05, 4.69) is 5.32 Å². The number of rotatable bonds is 6. The van der Waals surface area contributed by atoms with Crippen molar-refractivity contribution in [2.24, 2.45) is 0 Å². The topological polar surface area (TPSA) is 69.6 Å². The van der Waals surface area contributed by atoms with Crippen LogP contribution in [-0.4, -0.2) is 36.8 Å². The summed E-state index contributed by atoms with van der Waals surface area (Å²) >= 11 is 0. The van der Waals surface area contributed by atoms with Crippen LogP contribution >= 0.6 is 0 Å². The highest BCUT2D eigenvalue weighted by molar-refractivity contribution is 6.18. The van der Waals surface area contributed by atoms with E-state index in [1.807, 2.05) is 24.3 Å². The van der Waals surface area contributed by atoms with Crippen LogP contribution in [0.2, 0.25) is 0 Å². The van der Waals surface area contributed by atoms with Crippen LogP contribution in [0.15, 0.2) is 53.5 Å². The molecule has 1 aromatic carbocycles. The quantitative estimate of drug-likeness (QED) is 0.807. The first-order valence-electron chi connectivity index (χ1n) is 8.61. The van der Waals surface area contributed by atoms with Gasteiger partial charge in [-0.1, -0.05) is 18.2 Å². The van der Waals surface area contributed by atoms with Crippen LogP contribution in [0, 0.1) is 0 Å². The first kappa shape index (κ1) is 17.9. The number of nitrogens with zero attached hydrogens (tertiary/aromatic N) is 1. The predicted octanol–water partition coefficient (Wildman–Crippen LogP) is 2.15. The molecule has 0 radical (unpaired) electrons. The van der Waals surface area contributed by atoms with E-state index in [4.69, 9.17) is 9.47 Å². The van der Waals surface area contributed by atoms with E-state index in [9.17, 15) is 9.59 Å². The maximum absolute atomic E-state index is 12.8. The Labute approximate surface area is 152 Å². The van der Waals surface area contributed by atoms with Crippen molar-refractivity contribution in [2.45, 2.75) is 18.9 Å². The zero-order valence-corrected chi connectivity index (χ0v) is 14.7. The Kier molecular flexibility index (Phi) is 5.86. The van der Waals surface area contributed by atoms with Gasteiger partial charge in [-0.25, -0.2) is 0 Å². The molecule has 1 N–H and O–H groups in total. The number of hydrogen-bond donors (Lipinski definition) is 1. The van der Waals surface area contributed by atoms with Crippen molar-refractivity contribution in [1.29, 1.82) is 0 Å². The van der Waals surface area contributed by atoms with E-state index in [1.54, 1.807) is 31.5 Å². The van der Waals surface area contributed by atoms with Gasteiger partial charge in [-0.3, -0.25) is 14.2 Å². The van der Waals surface area contributed by atoms with Crippen molar-refractivity contribution in [2.75, 3.05) is 20.3 Å². The molecule has 136 valence electrons. The van der Waals surface area contributed by atoms with Crippen LogP contribution in [0.3, 0.4) is 0 Å². The van der Waals surface area contributed by atoms with Crippen molar-refractivity contribution >= 4 is 17.7 Å². The fraction of sp³-hybridized carbons (Fsp3) is 0.300. The summed E-state index contributed by atoms with van der Waals surface area (Å²) in [6, 6.07) is 12.1. The molecule has 1 atom stereocenters. The molecule has 1 aromatic heterocycles. The maximum Gasteiger partial charge on any atom is 0.268 e. The molecule has 6 heteroatoms. The third-order valence-electron chi connectivity index (χ3n) is 4.25. The third-order valence-corrected chi connectivity index (χ3v) is 4.25. The lowest BCUT2D eigenvalue weighted by Crippen LogP contribution is -2.35. The monoisotopic (exact) mass is 354 g/mol. The van der Waals surface area contributed by atoms with Gasteiger partial charge >= 0.3 is 0 Å². The lowest BCUT2D eigenvalue weighted by Gasteiger charge is -2.14. The molecule has 2 heterocycles. The lowest BCUT2D eigenvalue weighted by molar-refractivity contribution is -0.116. The Morgan fingerprint density at radius 2 is 2.12 bits per heavy atom. The summed E-state index contributed by atoms with van der Waals surface area (Å²) in [4.78, 5) is 25.0. The molecule has 1 fully saturated rings. The minimum absolute atomic E-state index is 0.0358. The second-order valence-corrected chi connectivity index (χ2v) is 6.06. The second kappa shape index (κ2) is 8.49. The van der Waals surface area contributed by atoms with Crippen LogP contribution < -0.4 is 15.6 Å². The Morgan fingerprint density at radius 3 is 2.77 bits per heavy atom. The van der Waals surface area contributed by atoms with Gasteiger partial charge in [0.1, 0.15) is 11.4 Å². The molecule has 3 rings (SSSR count). The molecule has 1 aliphatic rings. The van der Waals surface area contributed by atoms with E-state index < -0.39 is 0 Å². The van der Waals surface area contributed by atoms with Crippen molar-refractivity contribution < 1.29 is 14.3 Å². The van der Waals surface area contributed by atoms with Gasteiger partial charge in [-0.15, -0.1) is 0 Å². The summed E-state index contributed by atoms with van der Waals surface area (Å²) in [6.45, 7) is 1.16. The summed E-state index contributed by atoms with van der Waals surface area (Å²) < 4.78 is 12.0. The fourth-order valence-electron chi connectivity index (χ4n) is 2.83. The largest absolute Gasteiger partial charge is 0.497 e. The van der Waals surface area contributed by atoms with Gasteiger partial charge in [0.2, 0.25) is 0 Å². The summed E-state index contributed by atoms with van der Waals surface area (Å²) in [5.41, 5.74) is 0.794. The second-order valence-electron chi connectivity index (χ2n) is 6.06. The fourth-order valence-corrected chi connectivity index (χ4v) is 2.83. The van der Waals surface area contributed by atoms with Crippen molar-refractivity contribution in [3.63, 3.8) is 0 Å². The molecule has 0 bridgehead atoms. The normalized spacial score (nSPS) is 17.1. The number of carbonyl (C=O) groups excluding carboxylic acids is 1. The first-order valence-corrected chi connectivity index (χ1v) is 8.61. The minimum atomic E-state index is -0.315. The van der Waals surface area contributed by atoms with E-state index >= 15 is 0 Å². The Balaban J connectivity index is 1.87. The Morgan fingerprint density at radius 1 is 1.31 bits per heavy atom. The number of hydrogen-bond acceptors (Lipinski definition) is 4. The predicted molar refractivity (Wildman–Crippen MR) is 99.8 cm³/mol. The van der Waals surface area contributed by atoms with Gasteiger partial charge < -0.3 is 14.8 Å². The Hall–Kier alpha value is -2.86. The third kappa shape index (κ3) is 4.40. The number of benzene rings is 1. The average molecular weight is 354 g/mol. The van der Waals surface area contributed by atoms with Crippen LogP contribution in [0.4, 0.5) is 0 Å². The molecule has 1 aliphatic heterocycles. The van der Waals surface area contributed by atoms with Crippen molar-refractivity contribution in [1.82, 2.24) is 9.88 Å². The molecular weight excluding hydrogens is 332 g/mol. The van der Waals surface area contributed by atoms with Crippen LogP contribution in [0.5, 0.6) is 5.75 Å². The number of pyridine rings is 1. The van der Waals surface area contributed by atoms with Gasteiger partial charge in [0.05, 0.1) is 13.2 Å². The molecule has 1 amide bonds. The first-order chi connectivity index (χ1) is 12.7. The zero-order chi connectivity index (χ0) is 18.4. The number of ether oxygens (including phenoxy) is 2. The summed E-state index contributed by atoms with van der Waals surface area (Å²) in [5, 5.41) is 2.88. The van der Waals surface area contributed by atoms with E-state index in [-0.39, 0.29) is 23.3 Å². The summed E-state index contributed by atoms with van der Waals surface area (Å²) in [5.74, 6) is 0.410. The highest BCUT2D eigenvalue weighted by atomic mass is 16.5. The molecule has 26 heavy (non-hydrogen) atoms. The number of methoxy groups -OCH3 is 1. The number of nitrogens with one attached hydrogen (secondary N) is 1. The Bertz CT molecular complexity index is 833. The summed E-state index contributed by atoms with van der Waals surface area (Å²) in [7, 11) is 1.60. The minimum Gasteiger partial charge on any atom is -0.497 e. The molecule has 2 aromatic rings. The van der Waals surface area contributed by atoms with Gasteiger partial charge in [-0.05, 0) is 42.7 Å². The van der Waals surface area contributed by atoms with E-state index in [0.717, 1.165) is 30.8 Å². The van der Waals surface area contributed by atoms with Gasteiger partial charge in [0.15, 0.2) is 0 Å². The molecule has 1 saturated heterocycles. The highest BCUT2D eigenvalue weighted by Crippen LogP contribution is 2.16. The van der Waals surface area contributed by atoms with Crippen LogP contribution in [-0.2, 0) is 9.53 Å². The highest BCUT2D eigenvalue weighted by Gasteiger charge is 2.18. The van der Waals surface area contributed by atoms with E-state index in [1.165, 1.54) is 10.6 Å². The molecule has 0 saturated carbocycles. The molecule has 1 unspecified atom stereocenters. The zero-order valence-electron chi connectivity index (χ0n) is 14.7. The SMILES string of the molecule is COc1ccc(/C=C(\C(=O)NCC2CCCO2)n2ccccc2=O)cc1. The van der Waals surface area contributed by atoms with E-state index in [0.29, 0.717) is 6.54 Å². The maximum atomic E-state index is 12.8. The average Bonchev–Trinajstić information content (AvgIpc) is 3.19. The molecular formula is C20H22N2O4. The van der Waals surface area contributed by atoms with Crippen molar-refractivity contribution in [3.8, 4) is 5.75 Å². The van der Waals surface area contributed by atoms with Crippen LogP contribution in [0.25, 0.3) is 11.8 Å². The number of aromatic nitrogens is 1. The van der Waals surface area contributed by atoms with Crippen LogP contribution in [0.1, 0.15) is 18.4 Å². The smallest absolute Gasteiger partial charge is 0.268 e. The molecule has 0 spiro atoms. The van der Waals surface area contributed by atoms with Crippen molar-refractivity contribution in [3.05, 3.63) is 64.6 Å². The summed E-state index contributed by atoms with van der Waals surface area (Å²) in [6.07, 6.45) is 5.25. The number of amides is 1. The standard InChI is InChI=1S/C20H22N2O4/c1-25-16-9-7-15(8-10-16)13-18(22-11-3-2-6-19(22)23)20(24)21-14-17-5-4-12-26-17/h2-3,6-11,13,17H,4-5,12,14H2,1H3,(H,21,24)/b18-13+. The van der Waals surface area contributed by atoms with Gasteiger partial charge in [0.25, 0.3) is 11.5 Å². The van der Waals surface area contributed by atoms with Gasteiger partial charge in [0, 0.05) is 25.4 Å². The molecule has 6 nitrogen and oxygen atoms in total. The molecule has 0 aliphatic carbocycles. The lowest BCUT2D eigenvalue weighted by atomic mass is 10.1.